The molecule has 2 nitrogen and oxygen atoms in total. The predicted octanol–water partition coefficient (Wildman–Crippen LogP) is 2.30. The van der Waals surface area contributed by atoms with Crippen LogP contribution in [0, 0.1) is 6.92 Å². The monoisotopic (exact) mass is 166 g/mol. The first kappa shape index (κ1) is 6.68. The first-order valence-electron chi connectivity index (χ1n) is 3.36. The maximum absolute atomic E-state index is 5.80. The fourth-order valence-corrected chi connectivity index (χ4v) is 1.25. The Balaban J connectivity index is 2.87. The number of hydrogen-bond acceptors (Lipinski definition) is 1. The number of aryl methyl sites for hydroxylation is 1. The summed E-state index contributed by atoms with van der Waals surface area (Å²) in [6, 6.07) is 3.81. The minimum atomic E-state index is 0.735. The van der Waals surface area contributed by atoms with Crippen LogP contribution >= 0.6 is 11.6 Å². The zero-order valence-electron chi connectivity index (χ0n) is 6.08. The lowest BCUT2D eigenvalue weighted by Gasteiger charge is -1.95. The molecule has 0 N–H and O–H groups in total. The molecule has 2 aromatic rings. The number of aromatic nitrogens is 2. The molecule has 0 radical (unpaired) electrons. The Morgan fingerprint density at radius 1 is 1.45 bits per heavy atom. The normalized spacial score (nSPS) is 10.7. The topological polar surface area (TPSA) is 17.3 Å². The van der Waals surface area contributed by atoms with Gasteiger partial charge < -0.3 is 4.40 Å². The molecule has 0 aliphatic carbocycles. The van der Waals surface area contributed by atoms with Gasteiger partial charge in [-0.15, -0.1) is 0 Å². The van der Waals surface area contributed by atoms with Crippen LogP contribution in [0.1, 0.15) is 5.82 Å². The highest BCUT2D eigenvalue weighted by molar-refractivity contribution is 6.30. The van der Waals surface area contributed by atoms with Crippen molar-refractivity contribution in [2.45, 2.75) is 6.92 Å². The molecule has 0 bridgehead atoms. The molecule has 2 rings (SSSR count). The summed E-state index contributed by atoms with van der Waals surface area (Å²) in [5, 5.41) is 0.735. The standard InChI is InChI=1S/C8H7ClN2/c1-6-10-4-8-3-2-7(9)5-11(6)8/h2-5H,1H3. The number of nitrogens with zero attached hydrogens (tertiary/aromatic N) is 2. The first-order chi connectivity index (χ1) is 5.27. The van der Waals surface area contributed by atoms with Gasteiger partial charge in [-0.25, -0.2) is 4.98 Å². The Kier molecular flexibility index (Phi) is 1.36. The molecule has 11 heavy (non-hydrogen) atoms. The number of fused-ring (bicyclic) bond motifs is 1. The van der Waals surface area contributed by atoms with Gasteiger partial charge in [-0.3, -0.25) is 0 Å². The number of pyridine rings is 1. The molecule has 0 fully saturated rings. The number of imidazole rings is 1. The summed E-state index contributed by atoms with van der Waals surface area (Å²) in [5.41, 5.74) is 1.08. The molecule has 0 aromatic carbocycles. The third kappa shape index (κ3) is 0.994. The van der Waals surface area contributed by atoms with Gasteiger partial charge in [-0.2, -0.15) is 0 Å². The van der Waals surface area contributed by atoms with E-state index in [-0.39, 0.29) is 0 Å². The summed E-state index contributed by atoms with van der Waals surface area (Å²) in [5.74, 6) is 0.961. The summed E-state index contributed by atoms with van der Waals surface area (Å²) >= 11 is 5.80. The molecule has 0 saturated heterocycles. The molecule has 0 unspecified atom stereocenters. The van der Waals surface area contributed by atoms with Crippen molar-refractivity contribution in [3.05, 3.63) is 35.4 Å². The molecule has 0 amide bonds. The number of hydrogen-bond donors (Lipinski definition) is 0. The molecule has 0 atom stereocenters. The smallest absolute Gasteiger partial charge is 0.110 e. The summed E-state index contributed by atoms with van der Waals surface area (Å²) in [6.07, 6.45) is 3.69. The Hall–Kier alpha value is -1.02. The average molecular weight is 167 g/mol. The van der Waals surface area contributed by atoms with E-state index in [1.165, 1.54) is 0 Å². The van der Waals surface area contributed by atoms with Crippen LogP contribution in [-0.2, 0) is 0 Å². The van der Waals surface area contributed by atoms with Crippen LogP contribution in [0.3, 0.4) is 0 Å². The van der Waals surface area contributed by atoms with E-state index in [1.54, 1.807) is 0 Å². The Morgan fingerprint density at radius 2 is 2.27 bits per heavy atom. The fourth-order valence-electron chi connectivity index (χ4n) is 1.09. The zero-order chi connectivity index (χ0) is 7.84. The lowest BCUT2D eigenvalue weighted by atomic mass is 10.4. The van der Waals surface area contributed by atoms with Gasteiger partial charge >= 0.3 is 0 Å². The van der Waals surface area contributed by atoms with Crippen LogP contribution in [0.2, 0.25) is 5.02 Å². The van der Waals surface area contributed by atoms with Gasteiger partial charge in [0.05, 0.1) is 16.7 Å². The van der Waals surface area contributed by atoms with Crippen molar-refractivity contribution in [2.24, 2.45) is 0 Å². The highest BCUT2D eigenvalue weighted by Gasteiger charge is 1.96. The lowest BCUT2D eigenvalue weighted by molar-refractivity contribution is 1.04. The SMILES string of the molecule is Cc1ncc2ccc(Cl)cn12. The maximum Gasteiger partial charge on any atom is 0.110 e. The van der Waals surface area contributed by atoms with Crippen LogP contribution < -0.4 is 0 Å². The maximum atomic E-state index is 5.80. The largest absolute Gasteiger partial charge is 0.302 e. The van der Waals surface area contributed by atoms with E-state index in [0.29, 0.717) is 0 Å². The number of rotatable bonds is 0. The van der Waals surface area contributed by atoms with Crippen LogP contribution in [0.25, 0.3) is 5.52 Å². The van der Waals surface area contributed by atoms with E-state index in [1.807, 2.05) is 35.9 Å². The summed E-state index contributed by atoms with van der Waals surface area (Å²) in [6.45, 7) is 1.95. The first-order valence-corrected chi connectivity index (χ1v) is 3.74. The molecule has 2 aromatic heterocycles. The fraction of sp³-hybridized carbons (Fsp3) is 0.125. The van der Waals surface area contributed by atoms with Crippen molar-refractivity contribution in [2.75, 3.05) is 0 Å². The molecular weight excluding hydrogens is 160 g/mol. The summed E-state index contributed by atoms with van der Waals surface area (Å²) in [7, 11) is 0. The van der Waals surface area contributed by atoms with Gasteiger partial charge in [-0.05, 0) is 19.1 Å². The van der Waals surface area contributed by atoms with Crippen molar-refractivity contribution in [3.8, 4) is 0 Å². The zero-order valence-corrected chi connectivity index (χ0v) is 6.84. The summed E-state index contributed by atoms with van der Waals surface area (Å²) < 4.78 is 1.96. The van der Waals surface area contributed by atoms with E-state index in [4.69, 9.17) is 11.6 Å². The second-order valence-electron chi connectivity index (χ2n) is 2.45. The van der Waals surface area contributed by atoms with E-state index in [9.17, 15) is 0 Å². The van der Waals surface area contributed by atoms with Gasteiger partial charge in [0.1, 0.15) is 5.82 Å². The Labute approximate surface area is 69.4 Å². The van der Waals surface area contributed by atoms with E-state index < -0.39 is 0 Å². The minimum Gasteiger partial charge on any atom is -0.302 e. The molecule has 56 valence electrons. The second kappa shape index (κ2) is 2.24. The van der Waals surface area contributed by atoms with Crippen molar-refractivity contribution in [1.29, 1.82) is 0 Å². The van der Waals surface area contributed by atoms with Gasteiger partial charge in [0.25, 0.3) is 0 Å². The highest BCUT2D eigenvalue weighted by atomic mass is 35.5. The Bertz CT molecular complexity index is 392. The van der Waals surface area contributed by atoms with Gasteiger partial charge in [0, 0.05) is 6.20 Å². The highest BCUT2D eigenvalue weighted by Crippen LogP contribution is 2.12. The van der Waals surface area contributed by atoms with Crippen molar-refractivity contribution in [3.63, 3.8) is 0 Å². The van der Waals surface area contributed by atoms with Gasteiger partial charge in [0.15, 0.2) is 0 Å². The van der Waals surface area contributed by atoms with Crippen molar-refractivity contribution < 1.29 is 0 Å². The third-order valence-corrected chi connectivity index (χ3v) is 1.90. The Morgan fingerprint density at radius 3 is 3.09 bits per heavy atom. The molecule has 0 spiro atoms. The summed E-state index contributed by atoms with van der Waals surface area (Å²) in [4.78, 5) is 4.14. The van der Waals surface area contributed by atoms with Gasteiger partial charge in [-0.1, -0.05) is 11.6 Å². The van der Waals surface area contributed by atoms with Crippen molar-refractivity contribution >= 4 is 17.1 Å². The minimum absolute atomic E-state index is 0.735. The van der Waals surface area contributed by atoms with E-state index in [0.717, 1.165) is 16.4 Å². The van der Waals surface area contributed by atoms with E-state index >= 15 is 0 Å². The van der Waals surface area contributed by atoms with Crippen LogP contribution in [0.5, 0.6) is 0 Å². The molecule has 3 heteroatoms. The molecule has 0 saturated carbocycles. The lowest BCUT2D eigenvalue weighted by Crippen LogP contribution is -1.85. The average Bonchev–Trinajstić information content (AvgIpc) is 2.33. The molecular formula is C8H7ClN2. The van der Waals surface area contributed by atoms with Crippen LogP contribution in [0.4, 0.5) is 0 Å². The quantitative estimate of drug-likeness (QED) is 0.587. The number of halogens is 1. The van der Waals surface area contributed by atoms with E-state index in [2.05, 4.69) is 4.98 Å². The molecule has 2 heterocycles. The van der Waals surface area contributed by atoms with Gasteiger partial charge in [0.2, 0.25) is 0 Å². The third-order valence-electron chi connectivity index (χ3n) is 1.68. The van der Waals surface area contributed by atoms with Crippen molar-refractivity contribution in [1.82, 2.24) is 9.38 Å². The second-order valence-corrected chi connectivity index (χ2v) is 2.88. The predicted molar refractivity (Wildman–Crippen MR) is 44.9 cm³/mol. The van der Waals surface area contributed by atoms with Crippen LogP contribution in [0.15, 0.2) is 24.5 Å². The molecule has 0 aliphatic rings. The molecule has 0 aliphatic heterocycles. The van der Waals surface area contributed by atoms with Crippen LogP contribution in [-0.4, -0.2) is 9.38 Å².